The smallest absolute Gasteiger partial charge is 0.227 e. The normalized spacial score (nSPS) is 18.9. The van der Waals surface area contributed by atoms with Gasteiger partial charge in [-0.05, 0) is 30.7 Å². The van der Waals surface area contributed by atoms with E-state index in [-0.39, 0.29) is 18.4 Å². The van der Waals surface area contributed by atoms with Crippen LogP contribution in [-0.2, 0) is 11.2 Å². The van der Waals surface area contributed by atoms with Crippen molar-refractivity contribution >= 4 is 29.1 Å². The Morgan fingerprint density at radius 3 is 2.67 bits per heavy atom. The van der Waals surface area contributed by atoms with Gasteiger partial charge >= 0.3 is 0 Å². The van der Waals surface area contributed by atoms with Crippen LogP contribution in [0.3, 0.4) is 0 Å². The third kappa shape index (κ3) is 2.97. The molecule has 98 valence electrons. The molecule has 2 rings (SSSR count). The monoisotopic (exact) mass is 286 g/mol. The average molecular weight is 287 g/mol. The number of benzene rings is 1. The molecule has 1 aromatic rings. The molecular formula is C13H16Cl2N2O. The van der Waals surface area contributed by atoms with Crippen LogP contribution in [0.5, 0.6) is 0 Å². The molecule has 1 N–H and O–H groups in total. The minimum Gasteiger partial charge on any atom is -0.341 e. The molecule has 5 heteroatoms. The lowest BCUT2D eigenvalue weighted by Gasteiger charge is -2.24. The number of amides is 1. The zero-order valence-corrected chi connectivity index (χ0v) is 11.8. The van der Waals surface area contributed by atoms with Crippen LogP contribution in [0.25, 0.3) is 0 Å². The molecule has 0 bridgehead atoms. The standard InChI is InChI=1S/C13H16Cl2N2O/c1-17(9-5-6-16-8-9)13(18)7-10-11(14)3-2-4-12(10)15/h2-4,9,16H,5-8H2,1H3/t9-/m0/s1. The molecule has 0 spiro atoms. The third-order valence-electron chi connectivity index (χ3n) is 3.37. The first-order chi connectivity index (χ1) is 8.59. The lowest BCUT2D eigenvalue weighted by molar-refractivity contribution is -0.130. The molecule has 1 fully saturated rings. The van der Waals surface area contributed by atoms with Crippen molar-refractivity contribution in [3.05, 3.63) is 33.8 Å². The van der Waals surface area contributed by atoms with E-state index in [9.17, 15) is 4.79 Å². The molecule has 1 amide bonds. The predicted octanol–water partition coefficient (Wildman–Crippen LogP) is 2.36. The predicted molar refractivity (Wildman–Crippen MR) is 74.2 cm³/mol. The van der Waals surface area contributed by atoms with E-state index in [2.05, 4.69) is 5.32 Å². The SMILES string of the molecule is CN(C(=O)Cc1c(Cl)cccc1Cl)[C@H]1CCNC1. The van der Waals surface area contributed by atoms with Gasteiger partial charge in [0.2, 0.25) is 5.91 Å². The molecule has 1 aromatic carbocycles. The Bertz CT molecular complexity index is 424. The zero-order chi connectivity index (χ0) is 13.1. The quantitative estimate of drug-likeness (QED) is 0.925. The van der Waals surface area contributed by atoms with Crippen molar-refractivity contribution in [2.45, 2.75) is 18.9 Å². The number of carbonyl (C=O) groups is 1. The summed E-state index contributed by atoms with van der Waals surface area (Å²) in [5.41, 5.74) is 0.712. The maximum absolute atomic E-state index is 12.2. The fourth-order valence-corrected chi connectivity index (χ4v) is 2.68. The zero-order valence-electron chi connectivity index (χ0n) is 10.2. The van der Waals surface area contributed by atoms with Crippen LogP contribution in [0.4, 0.5) is 0 Å². The second kappa shape index (κ2) is 5.91. The number of rotatable bonds is 3. The highest BCUT2D eigenvalue weighted by atomic mass is 35.5. The highest BCUT2D eigenvalue weighted by Crippen LogP contribution is 2.25. The molecule has 0 unspecified atom stereocenters. The van der Waals surface area contributed by atoms with Gasteiger partial charge in [0.15, 0.2) is 0 Å². The summed E-state index contributed by atoms with van der Waals surface area (Å²) >= 11 is 12.1. The molecule has 1 aliphatic heterocycles. The minimum atomic E-state index is 0.0544. The Balaban J connectivity index is 2.06. The summed E-state index contributed by atoms with van der Waals surface area (Å²) in [4.78, 5) is 14.0. The Morgan fingerprint density at radius 2 is 2.11 bits per heavy atom. The number of likely N-dealkylation sites (N-methyl/N-ethyl adjacent to an activating group) is 1. The van der Waals surface area contributed by atoms with E-state index in [0.29, 0.717) is 15.6 Å². The van der Waals surface area contributed by atoms with E-state index in [0.717, 1.165) is 19.5 Å². The minimum absolute atomic E-state index is 0.0544. The van der Waals surface area contributed by atoms with Gasteiger partial charge < -0.3 is 10.2 Å². The molecule has 1 aliphatic rings. The Hall–Kier alpha value is -0.770. The molecule has 1 atom stereocenters. The maximum atomic E-state index is 12.2. The molecule has 18 heavy (non-hydrogen) atoms. The fraction of sp³-hybridized carbons (Fsp3) is 0.462. The summed E-state index contributed by atoms with van der Waals surface area (Å²) in [6, 6.07) is 5.57. The van der Waals surface area contributed by atoms with Crippen LogP contribution in [0.15, 0.2) is 18.2 Å². The van der Waals surface area contributed by atoms with E-state index in [1.54, 1.807) is 23.1 Å². The Labute approximate surface area is 117 Å². The third-order valence-corrected chi connectivity index (χ3v) is 4.07. The van der Waals surface area contributed by atoms with Crippen LogP contribution < -0.4 is 5.32 Å². The average Bonchev–Trinajstić information content (AvgIpc) is 2.86. The number of hydrogen-bond donors (Lipinski definition) is 1. The van der Waals surface area contributed by atoms with Gasteiger partial charge in [0.05, 0.1) is 6.42 Å². The Kier molecular flexibility index (Phi) is 4.49. The van der Waals surface area contributed by atoms with Crippen molar-refractivity contribution in [3.63, 3.8) is 0 Å². The fourth-order valence-electron chi connectivity index (χ4n) is 2.15. The van der Waals surface area contributed by atoms with E-state index < -0.39 is 0 Å². The van der Waals surface area contributed by atoms with Crippen LogP contribution in [0.1, 0.15) is 12.0 Å². The van der Waals surface area contributed by atoms with Crippen LogP contribution in [0, 0.1) is 0 Å². The van der Waals surface area contributed by atoms with Crippen LogP contribution >= 0.6 is 23.2 Å². The first-order valence-corrected chi connectivity index (χ1v) is 6.74. The second-order valence-electron chi connectivity index (χ2n) is 4.53. The topological polar surface area (TPSA) is 32.3 Å². The van der Waals surface area contributed by atoms with Crippen LogP contribution in [-0.4, -0.2) is 37.0 Å². The van der Waals surface area contributed by atoms with Crippen molar-refractivity contribution in [3.8, 4) is 0 Å². The first-order valence-electron chi connectivity index (χ1n) is 5.99. The summed E-state index contributed by atoms with van der Waals surface area (Å²) in [6.45, 7) is 1.83. The highest BCUT2D eigenvalue weighted by Gasteiger charge is 2.24. The number of hydrogen-bond acceptors (Lipinski definition) is 2. The van der Waals surface area contributed by atoms with Gasteiger partial charge in [-0.15, -0.1) is 0 Å². The lowest BCUT2D eigenvalue weighted by atomic mass is 10.1. The van der Waals surface area contributed by atoms with Crippen molar-refractivity contribution in [2.24, 2.45) is 0 Å². The molecule has 3 nitrogen and oxygen atoms in total. The van der Waals surface area contributed by atoms with Crippen LogP contribution in [0.2, 0.25) is 10.0 Å². The van der Waals surface area contributed by atoms with E-state index >= 15 is 0 Å². The summed E-state index contributed by atoms with van der Waals surface area (Å²) in [7, 11) is 1.84. The molecule has 0 aromatic heterocycles. The molecule has 1 heterocycles. The number of nitrogens with one attached hydrogen (secondary N) is 1. The van der Waals surface area contributed by atoms with Gasteiger partial charge in [0.1, 0.15) is 0 Å². The molecular weight excluding hydrogens is 271 g/mol. The number of halogens is 2. The molecule has 0 aliphatic carbocycles. The summed E-state index contributed by atoms with van der Waals surface area (Å²) < 4.78 is 0. The summed E-state index contributed by atoms with van der Waals surface area (Å²) in [5.74, 6) is 0.0544. The molecule has 0 saturated carbocycles. The van der Waals surface area contributed by atoms with Gasteiger partial charge in [-0.2, -0.15) is 0 Å². The van der Waals surface area contributed by atoms with E-state index in [1.165, 1.54) is 0 Å². The van der Waals surface area contributed by atoms with Gasteiger partial charge in [-0.25, -0.2) is 0 Å². The number of carbonyl (C=O) groups excluding carboxylic acids is 1. The van der Waals surface area contributed by atoms with Crippen molar-refractivity contribution < 1.29 is 4.79 Å². The van der Waals surface area contributed by atoms with Crippen molar-refractivity contribution in [1.82, 2.24) is 10.2 Å². The largest absolute Gasteiger partial charge is 0.341 e. The Morgan fingerprint density at radius 1 is 1.44 bits per heavy atom. The molecule has 1 saturated heterocycles. The highest BCUT2D eigenvalue weighted by molar-refractivity contribution is 6.36. The summed E-state index contributed by atoms with van der Waals surface area (Å²) in [6.07, 6.45) is 1.25. The van der Waals surface area contributed by atoms with E-state index in [1.807, 2.05) is 7.05 Å². The summed E-state index contributed by atoms with van der Waals surface area (Å²) in [5, 5.41) is 4.35. The van der Waals surface area contributed by atoms with Gasteiger partial charge in [-0.1, -0.05) is 29.3 Å². The second-order valence-corrected chi connectivity index (χ2v) is 5.34. The molecule has 0 radical (unpaired) electrons. The maximum Gasteiger partial charge on any atom is 0.227 e. The number of nitrogens with zero attached hydrogens (tertiary/aromatic N) is 1. The lowest BCUT2D eigenvalue weighted by Crippen LogP contribution is -2.39. The van der Waals surface area contributed by atoms with Crippen molar-refractivity contribution in [1.29, 1.82) is 0 Å². The van der Waals surface area contributed by atoms with E-state index in [4.69, 9.17) is 23.2 Å². The van der Waals surface area contributed by atoms with Crippen molar-refractivity contribution in [2.75, 3.05) is 20.1 Å². The van der Waals surface area contributed by atoms with Gasteiger partial charge in [-0.3, -0.25) is 4.79 Å². The van der Waals surface area contributed by atoms with Gasteiger partial charge in [0.25, 0.3) is 0 Å². The van der Waals surface area contributed by atoms with Gasteiger partial charge in [0, 0.05) is 29.7 Å². The first kappa shape index (κ1) is 13.7.